The molecule has 1 fully saturated rings. The molecular formula is C14H18O. The second-order valence-electron chi connectivity index (χ2n) is 4.56. The Morgan fingerprint density at radius 2 is 1.93 bits per heavy atom. The van der Waals surface area contributed by atoms with Gasteiger partial charge in [0.15, 0.2) is 0 Å². The summed E-state index contributed by atoms with van der Waals surface area (Å²) in [5.74, 6) is 0.720. The normalized spacial score (nSPS) is 19.0. The molecule has 1 heteroatoms. The van der Waals surface area contributed by atoms with Crippen molar-refractivity contribution in [3.63, 3.8) is 0 Å². The van der Waals surface area contributed by atoms with Crippen molar-refractivity contribution in [3.05, 3.63) is 35.4 Å². The molecule has 0 saturated heterocycles. The van der Waals surface area contributed by atoms with Gasteiger partial charge in [-0.05, 0) is 36.8 Å². The molecule has 1 aliphatic carbocycles. The van der Waals surface area contributed by atoms with Crippen LogP contribution in [-0.4, -0.2) is 6.29 Å². The number of aldehydes is 1. The second-order valence-corrected chi connectivity index (χ2v) is 4.56. The zero-order valence-corrected chi connectivity index (χ0v) is 9.28. The minimum atomic E-state index is 0.133. The summed E-state index contributed by atoms with van der Waals surface area (Å²) in [5, 5.41) is 0. The standard InChI is InChI=1S/C14H18O/c1-11-6-2-5-9-13(11)14(10-15)12-7-3-4-8-12/h2,5-6,9-10,12,14H,3-4,7-8H2,1H3. The van der Waals surface area contributed by atoms with E-state index < -0.39 is 0 Å². The van der Waals surface area contributed by atoms with Crippen molar-refractivity contribution in [1.29, 1.82) is 0 Å². The molecule has 1 nitrogen and oxygen atoms in total. The molecule has 0 aliphatic heterocycles. The maximum absolute atomic E-state index is 11.2. The monoisotopic (exact) mass is 202 g/mol. The van der Waals surface area contributed by atoms with E-state index in [1.807, 2.05) is 12.1 Å². The summed E-state index contributed by atoms with van der Waals surface area (Å²) in [4.78, 5) is 11.2. The number of hydrogen-bond donors (Lipinski definition) is 0. The first-order valence-corrected chi connectivity index (χ1v) is 5.83. The molecule has 0 amide bonds. The van der Waals surface area contributed by atoms with Crippen LogP contribution in [0.3, 0.4) is 0 Å². The van der Waals surface area contributed by atoms with E-state index in [0.29, 0.717) is 5.92 Å². The van der Waals surface area contributed by atoms with E-state index in [2.05, 4.69) is 19.1 Å². The smallest absolute Gasteiger partial charge is 0.127 e. The topological polar surface area (TPSA) is 17.1 Å². The summed E-state index contributed by atoms with van der Waals surface area (Å²) in [6.07, 6.45) is 6.18. The zero-order chi connectivity index (χ0) is 10.7. The molecule has 1 saturated carbocycles. The molecule has 0 spiro atoms. The van der Waals surface area contributed by atoms with Gasteiger partial charge in [0.25, 0.3) is 0 Å². The van der Waals surface area contributed by atoms with E-state index in [1.165, 1.54) is 36.8 Å². The van der Waals surface area contributed by atoms with Gasteiger partial charge in [-0.1, -0.05) is 37.1 Å². The van der Waals surface area contributed by atoms with Crippen molar-refractivity contribution >= 4 is 6.29 Å². The molecule has 1 aliphatic rings. The van der Waals surface area contributed by atoms with Gasteiger partial charge in [0.05, 0.1) is 0 Å². The molecule has 1 atom stereocenters. The summed E-state index contributed by atoms with van der Waals surface area (Å²) < 4.78 is 0. The Hall–Kier alpha value is -1.11. The van der Waals surface area contributed by atoms with E-state index in [4.69, 9.17) is 0 Å². The number of hydrogen-bond acceptors (Lipinski definition) is 1. The van der Waals surface area contributed by atoms with Crippen LogP contribution in [0.1, 0.15) is 42.7 Å². The first-order valence-electron chi connectivity index (χ1n) is 5.83. The van der Waals surface area contributed by atoms with Crippen molar-refractivity contribution in [1.82, 2.24) is 0 Å². The molecule has 2 rings (SSSR count). The molecule has 1 aromatic rings. The van der Waals surface area contributed by atoms with Gasteiger partial charge in [0, 0.05) is 5.92 Å². The Labute approximate surface area is 91.5 Å². The van der Waals surface area contributed by atoms with Crippen LogP contribution in [0.5, 0.6) is 0 Å². The maximum atomic E-state index is 11.2. The summed E-state index contributed by atoms with van der Waals surface area (Å²) in [5.41, 5.74) is 2.49. The van der Waals surface area contributed by atoms with Crippen LogP contribution < -0.4 is 0 Å². The van der Waals surface area contributed by atoms with E-state index in [-0.39, 0.29) is 5.92 Å². The van der Waals surface area contributed by atoms with Crippen molar-refractivity contribution in [2.45, 2.75) is 38.5 Å². The van der Waals surface area contributed by atoms with Gasteiger partial charge >= 0.3 is 0 Å². The molecule has 0 bridgehead atoms. The Bertz CT molecular complexity index is 337. The number of rotatable bonds is 3. The molecule has 0 radical (unpaired) electrons. The summed E-state index contributed by atoms with van der Waals surface area (Å²) >= 11 is 0. The van der Waals surface area contributed by atoms with Crippen LogP contribution in [0, 0.1) is 12.8 Å². The SMILES string of the molecule is Cc1ccccc1C(C=O)C1CCCC1. The minimum Gasteiger partial charge on any atom is -0.303 e. The van der Waals surface area contributed by atoms with Gasteiger partial charge in [-0.25, -0.2) is 0 Å². The lowest BCUT2D eigenvalue weighted by Gasteiger charge is -2.19. The highest BCUT2D eigenvalue weighted by molar-refractivity contribution is 5.63. The first-order chi connectivity index (χ1) is 7.33. The molecule has 0 N–H and O–H groups in total. The molecule has 80 valence electrons. The molecule has 0 heterocycles. The molecule has 15 heavy (non-hydrogen) atoms. The minimum absolute atomic E-state index is 0.133. The number of benzene rings is 1. The summed E-state index contributed by atoms with van der Waals surface area (Å²) in [6, 6.07) is 8.27. The van der Waals surface area contributed by atoms with Gasteiger partial charge in [0.1, 0.15) is 6.29 Å². The molecule has 1 unspecified atom stereocenters. The van der Waals surface area contributed by atoms with Crippen LogP contribution >= 0.6 is 0 Å². The Balaban J connectivity index is 2.26. The number of aryl methyl sites for hydroxylation is 1. The Morgan fingerprint density at radius 3 is 2.53 bits per heavy atom. The fourth-order valence-electron chi connectivity index (χ4n) is 2.72. The fourth-order valence-corrected chi connectivity index (χ4v) is 2.72. The Morgan fingerprint density at radius 1 is 1.27 bits per heavy atom. The number of carbonyl (C=O) groups excluding carboxylic acids is 1. The second kappa shape index (κ2) is 4.61. The van der Waals surface area contributed by atoms with Gasteiger partial charge in [-0.2, -0.15) is 0 Å². The van der Waals surface area contributed by atoms with Crippen LogP contribution in [0.15, 0.2) is 24.3 Å². The largest absolute Gasteiger partial charge is 0.303 e. The van der Waals surface area contributed by atoms with Gasteiger partial charge < -0.3 is 4.79 Å². The van der Waals surface area contributed by atoms with E-state index in [1.54, 1.807) is 0 Å². The van der Waals surface area contributed by atoms with Crippen molar-refractivity contribution in [2.75, 3.05) is 0 Å². The lowest BCUT2D eigenvalue weighted by molar-refractivity contribution is -0.110. The van der Waals surface area contributed by atoms with Crippen LogP contribution in [-0.2, 0) is 4.79 Å². The highest BCUT2D eigenvalue weighted by Crippen LogP contribution is 2.36. The lowest BCUT2D eigenvalue weighted by Crippen LogP contribution is -2.12. The van der Waals surface area contributed by atoms with Gasteiger partial charge in [0.2, 0.25) is 0 Å². The van der Waals surface area contributed by atoms with Gasteiger partial charge in [-0.3, -0.25) is 0 Å². The van der Waals surface area contributed by atoms with E-state index in [0.717, 1.165) is 6.29 Å². The zero-order valence-electron chi connectivity index (χ0n) is 9.28. The van der Waals surface area contributed by atoms with Gasteiger partial charge in [-0.15, -0.1) is 0 Å². The highest BCUT2D eigenvalue weighted by Gasteiger charge is 2.26. The van der Waals surface area contributed by atoms with Crippen molar-refractivity contribution in [2.24, 2.45) is 5.92 Å². The Kier molecular flexibility index (Phi) is 3.20. The van der Waals surface area contributed by atoms with Crippen LogP contribution in [0.4, 0.5) is 0 Å². The first kappa shape index (κ1) is 10.4. The maximum Gasteiger partial charge on any atom is 0.127 e. The highest BCUT2D eigenvalue weighted by atomic mass is 16.1. The fraction of sp³-hybridized carbons (Fsp3) is 0.500. The predicted octanol–water partition coefficient (Wildman–Crippen LogP) is 3.47. The lowest BCUT2D eigenvalue weighted by atomic mass is 9.84. The average Bonchev–Trinajstić information content (AvgIpc) is 2.75. The average molecular weight is 202 g/mol. The molecular weight excluding hydrogens is 184 g/mol. The third-order valence-corrected chi connectivity index (χ3v) is 3.60. The van der Waals surface area contributed by atoms with Crippen molar-refractivity contribution in [3.8, 4) is 0 Å². The summed E-state index contributed by atoms with van der Waals surface area (Å²) in [6.45, 7) is 2.10. The van der Waals surface area contributed by atoms with E-state index in [9.17, 15) is 4.79 Å². The number of carbonyl (C=O) groups is 1. The van der Waals surface area contributed by atoms with Crippen molar-refractivity contribution < 1.29 is 4.79 Å². The predicted molar refractivity (Wildman–Crippen MR) is 61.9 cm³/mol. The third-order valence-electron chi connectivity index (χ3n) is 3.60. The summed E-state index contributed by atoms with van der Waals surface area (Å²) in [7, 11) is 0. The van der Waals surface area contributed by atoms with Crippen LogP contribution in [0.25, 0.3) is 0 Å². The van der Waals surface area contributed by atoms with Crippen LogP contribution in [0.2, 0.25) is 0 Å². The molecule has 0 aromatic heterocycles. The third kappa shape index (κ3) is 2.11. The van der Waals surface area contributed by atoms with E-state index >= 15 is 0 Å². The quantitative estimate of drug-likeness (QED) is 0.686. The molecule has 1 aromatic carbocycles.